The minimum atomic E-state index is -0.191. The van der Waals surface area contributed by atoms with Gasteiger partial charge in [-0.2, -0.15) is 0 Å². The maximum absolute atomic E-state index is 12.2. The number of thiazole rings is 1. The van der Waals surface area contributed by atoms with E-state index in [-0.39, 0.29) is 5.97 Å². The SMILES string of the molecule is CCOC(=O)CCc1cn(Cc2cc(OCc3ccccc3)cc(OCc3csc(-c4cnccn4)n3)c2)cc1-c1ccccc1. The number of aromatic nitrogens is 4. The number of carbonyl (C=O) groups excluding carboxylic acids is 1. The Morgan fingerprint density at radius 2 is 1.63 bits per heavy atom. The van der Waals surface area contributed by atoms with Crippen molar-refractivity contribution >= 4 is 17.3 Å². The van der Waals surface area contributed by atoms with E-state index in [9.17, 15) is 4.79 Å². The summed E-state index contributed by atoms with van der Waals surface area (Å²) >= 11 is 1.51. The zero-order chi connectivity index (χ0) is 31.6. The molecule has 0 radical (unpaired) electrons. The lowest BCUT2D eigenvalue weighted by Crippen LogP contribution is -2.05. The summed E-state index contributed by atoms with van der Waals surface area (Å²) in [7, 11) is 0. The van der Waals surface area contributed by atoms with E-state index in [0.717, 1.165) is 44.2 Å². The molecule has 0 N–H and O–H groups in total. The lowest BCUT2D eigenvalue weighted by Gasteiger charge is -2.13. The van der Waals surface area contributed by atoms with Gasteiger partial charge in [0.15, 0.2) is 0 Å². The first-order valence-electron chi connectivity index (χ1n) is 15.2. The van der Waals surface area contributed by atoms with Crippen LogP contribution < -0.4 is 9.47 Å². The van der Waals surface area contributed by atoms with E-state index in [1.807, 2.05) is 79.0 Å². The predicted octanol–water partition coefficient (Wildman–Crippen LogP) is 7.77. The highest BCUT2D eigenvalue weighted by molar-refractivity contribution is 7.13. The third-order valence-corrected chi connectivity index (χ3v) is 8.14. The van der Waals surface area contributed by atoms with Crippen molar-refractivity contribution < 1.29 is 19.0 Å². The van der Waals surface area contributed by atoms with Crippen LogP contribution in [-0.4, -0.2) is 32.1 Å². The summed E-state index contributed by atoms with van der Waals surface area (Å²) in [6, 6.07) is 26.3. The van der Waals surface area contributed by atoms with Gasteiger partial charge in [0.25, 0.3) is 0 Å². The summed E-state index contributed by atoms with van der Waals surface area (Å²) in [6.45, 7) is 3.54. The largest absolute Gasteiger partial charge is 0.489 e. The molecule has 6 aromatic rings. The highest BCUT2D eigenvalue weighted by Crippen LogP contribution is 2.30. The molecular weight excluding hydrogens is 596 g/mol. The second-order valence-corrected chi connectivity index (χ2v) is 11.5. The van der Waals surface area contributed by atoms with Gasteiger partial charge in [-0.3, -0.25) is 14.8 Å². The number of ether oxygens (including phenoxy) is 3. The smallest absolute Gasteiger partial charge is 0.306 e. The van der Waals surface area contributed by atoms with E-state index in [2.05, 4.69) is 44.0 Å². The van der Waals surface area contributed by atoms with E-state index >= 15 is 0 Å². The molecule has 3 aromatic heterocycles. The van der Waals surface area contributed by atoms with Gasteiger partial charge in [0, 0.05) is 54.8 Å². The van der Waals surface area contributed by atoms with Crippen molar-refractivity contribution in [2.75, 3.05) is 6.61 Å². The maximum Gasteiger partial charge on any atom is 0.306 e. The summed E-state index contributed by atoms with van der Waals surface area (Å²) < 4.78 is 19.8. The molecule has 232 valence electrons. The van der Waals surface area contributed by atoms with Crippen LogP contribution in [0.25, 0.3) is 21.8 Å². The minimum absolute atomic E-state index is 0.191. The molecule has 0 bridgehead atoms. The molecular formula is C37H34N4O4S. The number of nitrogens with zero attached hydrogens (tertiary/aromatic N) is 4. The van der Waals surface area contributed by atoms with E-state index in [0.29, 0.717) is 50.7 Å². The van der Waals surface area contributed by atoms with Crippen LogP contribution in [0.1, 0.15) is 35.7 Å². The highest BCUT2D eigenvalue weighted by atomic mass is 32.1. The van der Waals surface area contributed by atoms with Crippen molar-refractivity contribution in [3.63, 3.8) is 0 Å². The van der Waals surface area contributed by atoms with Crippen LogP contribution in [0, 0.1) is 0 Å². The topological polar surface area (TPSA) is 88.4 Å². The average Bonchev–Trinajstić information content (AvgIpc) is 3.74. The van der Waals surface area contributed by atoms with Crippen LogP contribution in [0.3, 0.4) is 0 Å². The van der Waals surface area contributed by atoms with Crippen molar-refractivity contribution in [2.24, 2.45) is 0 Å². The fraction of sp³-hybridized carbons (Fsp3) is 0.189. The molecule has 46 heavy (non-hydrogen) atoms. The number of hydrogen-bond acceptors (Lipinski definition) is 8. The van der Waals surface area contributed by atoms with Crippen LogP contribution in [0.15, 0.2) is 115 Å². The average molecular weight is 631 g/mol. The number of aryl methyl sites for hydroxylation is 1. The lowest BCUT2D eigenvalue weighted by molar-refractivity contribution is -0.143. The Morgan fingerprint density at radius 1 is 0.870 bits per heavy atom. The molecule has 0 aliphatic carbocycles. The summed E-state index contributed by atoms with van der Waals surface area (Å²) in [5.74, 6) is 1.21. The van der Waals surface area contributed by atoms with Gasteiger partial charge in [0.1, 0.15) is 35.4 Å². The number of benzene rings is 3. The highest BCUT2D eigenvalue weighted by Gasteiger charge is 2.14. The minimum Gasteiger partial charge on any atom is -0.489 e. The van der Waals surface area contributed by atoms with Crippen LogP contribution in [0.5, 0.6) is 11.5 Å². The summed E-state index contributed by atoms with van der Waals surface area (Å²) in [5, 5.41) is 2.77. The van der Waals surface area contributed by atoms with Crippen LogP contribution in [0.2, 0.25) is 0 Å². The van der Waals surface area contributed by atoms with Gasteiger partial charge in [-0.15, -0.1) is 11.3 Å². The van der Waals surface area contributed by atoms with E-state index in [4.69, 9.17) is 14.2 Å². The Morgan fingerprint density at radius 3 is 2.37 bits per heavy atom. The van der Waals surface area contributed by atoms with E-state index in [1.165, 1.54) is 11.3 Å². The van der Waals surface area contributed by atoms with Crippen LogP contribution in [0.4, 0.5) is 0 Å². The Hall–Kier alpha value is -5.28. The molecule has 0 saturated carbocycles. The summed E-state index contributed by atoms with van der Waals surface area (Å²) in [5.41, 5.74) is 6.94. The molecule has 6 rings (SSSR count). The first-order chi connectivity index (χ1) is 22.6. The number of rotatable bonds is 14. The molecule has 8 nitrogen and oxygen atoms in total. The second-order valence-electron chi connectivity index (χ2n) is 10.7. The van der Waals surface area contributed by atoms with Gasteiger partial charge in [-0.1, -0.05) is 60.7 Å². The van der Waals surface area contributed by atoms with Crippen molar-refractivity contribution in [1.82, 2.24) is 19.5 Å². The molecule has 0 aliphatic heterocycles. The third-order valence-electron chi connectivity index (χ3n) is 7.23. The van der Waals surface area contributed by atoms with Gasteiger partial charge in [0.2, 0.25) is 0 Å². The first-order valence-corrected chi connectivity index (χ1v) is 16.0. The Balaban J connectivity index is 1.24. The van der Waals surface area contributed by atoms with Gasteiger partial charge in [-0.05, 0) is 47.7 Å². The molecule has 9 heteroatoms. The standard InChI is InChI=1S/C37H34N4O4S/c1-2-43-36(42)14-13-30-22-41(23-34(30)29-11-7-4-8-12-29)21-28-17-32(44-24-27-9-5-3-6-10-27)19-33(18-28)45-25-31-26-46-37(40-31)35-20-38-15-16-39-35/h3-12,15-20,22-23,26H,2,13-14,21,24-25H2,1H3. The predicted molar refractivity (Wildman–Crippen MR) is 179 cm³/mol. The molecule has 0 amide bonds. The second kappa shape index (κ2) is 15.1. The first kappa shape index (κ1) is 30.7. The van der Waals surface area contributed by atoms with E-state index in [1.54, 1.807) is 18.6 Å². The van der Waals surface area contributed by atoms with Gasteiger partial charge < -0.3 is 18.8 Å². The van der Waals surface area contributed by atoms with Crippen molar-refractivity contribution in [1.29, 1.82) is 0 Å². The van der Waals surface area contributed by atoms with Crippen LogP contribution >= 0.6 is 11.3 Å². The van der Waals surface area contributed by atoms with Crippen molar-refractivity contribution in [2.45, 2.75) is 39.5 Å². The monoisotopic (exact) mass is 630 g/mol. The lowest BCUT2D eigenvalue weighted by atomic mass is 10.0. The maximum atomic E-state index is 12.2. The molecule has 0 fully saturated rings. The van der Waals surface area contributed by atoms with Gasteiger partial charge in [0.05, 0.1) is 18.5 Å². The zero-order valence-corrected chi connectivity index (χ0v) is 26.4. The summed E-state index contributed by atoms with van der Waals surface area (Å²) in [4.78, 5) is 25.4. The molecule has 3 aromatic carbocycles. The Bertz CT molecular complexity index is 1860. The molecule has 0 saturated heterocycles. The number of hydrogen-bond donors (Lipinski definition) is 0. The van der Waals surface area contributed by atoms with Crippen LogP contribution in [-0.2, 0) is 35.7 Å². The zero-order valence-electron chi connectivity index (χ0n) is 25.5. The normalized spacial score (nSPS) is 10.9. The quantitative estimate of drug-likeness (QED) is 0.114. The molecule has 3 heterocycles. The molecule has 0 spiro atoms. The fourth-order valence-corrected chi connectivity index (χ4v) is 5.86. The molecule has 0 unspecified atom stereocenters. The fourth-order valence-electron chi connectivity index (χ4n) is 5.09. The molecule has 0 aliphatic rings. The van der Waals surface area contributed by atoms with E-state index < -0.39 is 0 Å². The summed E-state index contributed by atoms with van der Waals surface area (Å²) in [6.07, 6.45) is 10.2. The Labute approximate surface area is 272 Å². The van der Waals surface area contributed by atoms with Crippen molar-refractivity contribution in [3.8, 4) is 33.3 Å². The number of carbonyl (C=O) groups is 1. The number of esters is 1. The van der Waals surface area contributed by atoms with Gasteiger partial charge >= 0.3 is 5.97 Å². The van der Waals surface area contributed by atoms with Gasteiger partial charge in [-0.25, -0.2) is 4.98 Å². The Kier molecular flexibility index (Phi) is 10.1. The van der Waals surface area contributed by atoms with Crippen molar-refractivity contribution in [3.05, 3.63) is 138 Å². The molecule has 0 atom stereocenters. The third kappa shape index (κ3) is 8.25.